The van der Waals surface area contributed by atoms with E-state index in [1.54, 1.807) is 19.9 Å². The van der Waals surface area contributed by atoms with Crippen LogP contribution in [0.2, 0.25) is 0 Å². The maximum Gasteiger partial charge on any atom is 0.313 e. The highest BCUT2D eigenvalue weighted by atomic mass is 16.6. The van der Waals surface area contributed by atoms with Crippen molar-refractivity contribution >= 4 is 24.0 Å². The molecule has 0 amide bonds. The number of carbonyl (C=O) groups excluding carboxylic acids is 4. The zero-order chi connectivity index (χ0) is 19.1. The zero-order valence-corrected chi connectivity index (χ0v) is 15.2. The van der Waals surface area contributed by atoms with Gasteiger partial charge in [-0.1, -0.05) is 12.2 Å². The molecule has 0 aromatic rings. The molecule has 0 bridgehead atoms. The molecule has 7 nitrogen and oxygen atoms in total. The third-order valence-corrected chi connectivity index (χ3v) is 5.88. The van der Waals surface area contributed by atoms with Crippen LogP contribution in [0.5, 0.6) is 0 Å². The Morgan fingerprint density at radius 3 is 2.77 bits per heavy atom. The lowest BCUT2D eigenvalue weighted by molar-refractivity contribution is -0.218. The average Bonchev–Trinajstić information content (AvgIpc) is 2.59. The first-order valence-corrected chi connectivity index (χ1v) is 9.02. The molecule has 0 aromatic heterocycles. The Hall–Kier alpha value is -2.02. The summed E-state index contributed by atoms with van der Waals surface area (Å²) in [6.07, 6.45) is 3.00. The van der Waals surface area contributed by atoms with Crippen molar-refractivity contribution in [2.24, 2.45) is 23.2 Å². The molecule has 3 rings (SSSR count). The van der Waals surface area contributed by atoms with E-state index in [1.807, 2.05) is 6.08 Å². The molecule has 0 unspecified atom stereocenters. The third kappa shape index (κ3) is 2.69. The van der Waals surface area contributed by atoms with Crippen molar-refractivity contribution in [3.05, 3.63) is 12.2 Å². The number of ether oxygens (including phenoxy) is 3. The van der Waals surface area contributed by atoms with E-state index in [0.717, 1.165) is 6.29 Å². The molecule has 0 radical (unpaired) electrons. The molecule has 142 valence electrons. The van der Waals surface area contributed by atoms with Gasteiger partial charge in [0, 0.05) is 25.2 Å². The molecule has 1 aliphatic heterocycles. The van der Waals surface area contributed by atoms with Gasteiger partial charge in [-0.15, -0.1) is 0 Å². The number of hydrogen-bond acceptors (Lipinski definition) is 7. The Morgan fingerprint density at radius 1 is 1.42 bits per heavy atom. The number of esters is 2. The Bertz CT molecular complexity index is 654. The van der Waals surface area contributed by atoms with E-state index in [4.69, 9.17) is 14.2 Å². The molecule has 1 heterocycles. The van der Waals surface area contributed by atoms with E-state index >= 15 is 0 Å². The van der Waals surface area contributed by atoms with Crippen LogP contribution in [-0.4, -0.2) is 48.9 Å². The molecular formula is C19H24O7. The van der Waals surface area contributed by atoms with E-state index in [-0.39, 0.29) is 18.8 Å². The minimum Gasteiger partial charge on any atom is -0.466 e. The second-order valence-corrected chi connectivity index (χ2v) is 7.19. The van der Waals surface area contributed by atoms with Crippen LogP contribution in [0.1, 0.15) is 33.6 Å². The Kier molecular flexibility index (Phi) is 5.01. The highest BCUT2D eigenvalue weighted by Gasteiger charge is 2.66. The molecule has 2 aliphatic carbocycles. The van der Waals surface area contributed by atoms with Crippen LogP contribution < -0.4 is 0 Å². The van der Waals surface area contributed by atoms with Gasteiger partial charge in [0.05, 0.1) is 18.1 Å². The molecule has 3 aliphatic rings. The molecular weight excluding hydrogens is 340 g/mol. The number of Topliss-reactive ketones (excluding diaryl/α,β-unsaturated/α-hetero) is 1. The monoisotopic (exact) mass is 364 g/mol. The molecule has 0 N–H and O–H groups in total. The van der Waals surface area contributed by atoms with Gasteiger partial charge < -0.3 is 19.0 Å². The van der Waals surface area contributed by atoms with Crippen molar-refractivity contribution in [2.45, 2.75) is 51.9 Å². The van der Waals surface area contributed by atoms with Crippen molar-refractivity contribution in [3.63, 3.8) is 0 Å². The maximum atomic E-state index is 12.7. The summed E-state index contributed by atoms with van der Waals surface area (Å²) < 4.78 is 16.5. The highest BCUT2D eigenvalue weighted by Crippen LogP contribution is 2.57. The van der Waals surface area contributed by atoms with Crippen molar-refractivity contribution in [1.29, 1.82) is 0 Å². The van der Waals surface area contributed by atoms with Gasteiger partial charge in [-0.25, -0.2) is 0 Å². The van der Waals surface area contributed by atoms with Crippen LogP contribution in [0.3, 0.4) is 0 Å². The third-order valence-electron chi connectivity index (χ3n) is 5.88. The summed E-state index contributed by atoms with van der Waals surface area (Å²) >= 11 is 0. The lowest BCUT2D eigenvalue weighted by Crippen LogP contribution is -2.67. The summed E-state index contributed by atoms with van der Waals surface area (Å²) in [4.78, 5) is 49.3. The fourth-order valence-corrected chi connectivity index (χ4v) is 4.87. The first-order valence-electron chi connectivity index (χ1n) is 9.02. The van der Waals surface area contributed by atoms with E-state index in [0.29, 0.717) is 6.42 Å². The number of allylic oxidation sites excluding steroid dienone is 2. The normalized spacial score (nSPS) is 41.1. The number of rotatable bonds is 4. The van der Waals surface area contributed by atoms with E-state index in [2.05, 4.69) is 0 Å². The first kappa shape index (κ1) is 18.8. The van der Waals surface area contributed by atoms with Crippen molar-refractivity contribution in [2.75, 3.05) is 6.61 Å². The topological polar surface area (TPSA) is 96.0 Å². The number of ketones is 1. The summed E-state index contributed by atoms with van der Waals surface area (Å²) in [5, 5.41) is 0. The van der Waals surface area contributed by atoms with Crippen LogP contribution in [0, 0.1) is 23.2 Å². The maximum absolute atomic E-state index is 12.7. The predicted molar refractivity (Wildman–Crippen MR) is 88.9 cm³/mol. The van der Waals surface area contributed by atoms with Crippen molar-refractivity contribution in [3.8, 4) is 0 Å². The number of hydrogen-bond donors (Lipinski definition) is 0. The van der Waals surface area contributed by atoms with Crippen LogP contribution in [0.15, 0.2) is 12.2 Å². The molecule has 2 fully saturated rings. The first-order chi connectivity index (χ1) is 12.4. The standard InChI is InChI=1S/C19H24O7/c1-4-24-18(23)16-12-6-5-7-13-17(22)10(2)25-15(19(12,13)9-20)8-14(16)26-11(3)21/h5-6,9-10,12-16H,4,7-8H2,1-3H3/t10-,12-,13-,14-,15-,16-,19-/m0/s1. The van der Waals surface area contributed by atoms with E-state index in [1.165, 1.54) is 6.92 Å². The summed E-state index contributed by atoms with van der Waals surface area (Å²) in [7, 11) is 0. The molecule has 1 saturated carbocycles. The summed E-state index contributed by atoms with van der Waals surface area (Å²) in [5.41, 5.74) is -1.13. The molecule has 1 saturated heterocycles. The summed E-state index contributed by atoms with van der Waals surface area (Å²) in [6.45, 7) is 4.81. The Morgan fingerprint density at radius 2 is 2.15 bits per heavy atom. The SMILES string of the molecule is CCOC(=O)[C@@H]1[C@@H](OC(C)=O)C[C@@H]2O[C@@H](C)C(=O)[C@@H]3CC=C[C@@H]1[C@]23C=O. The van der Waals surface area contributed by atoms with Gasteiger partial charge in [-0.2, -0.15) is 0 Å². The lowest BCUT2D eigenvalue weighted by Gasteiger charge is -2.57. The second kappa shape index (κ2) is 6.95. The summed E-state index contributed by atoms with van der Waals surface area (Å²) in [6, 6.07) is 0. The minimum absolute atomic E-state index is 0.128. The van der Waals surface area contributed by atoms with Crippen LogP contribution in [0.25, 0.3) is 0 Å². The van der Waals surface area contributed by atoms with Gasteiger partial charge in [0.25, 0.3) is 0 Å². The zero-order valence-electron chi connectivity index (χ0n) is 15.2. The largest absolute Gasteiger partial charge is 0.466 e. The Labute approximate surface area is 152 Å². The van der Waals surface area contributed by atoms with Crippen LogP contribution in [0.4, 0.5) is 0 Å². The van der Waals surface area contributed by atoms with E-state index < -0.39 is 53.4 Å². The lowest BCUT2D eigenvalue weighted by atomic mass is 9.50. The predicted octanol–water partition coefficient (Wildman–Crippen LogP) is 1.24. The van der Waals surface area contributed by atoms with Gasteiger partial charge in [-0.3, -0.25) is 14.4 Å². The van der Waals surface area contributed by atoms with Crippen LogP contribution in [-0.2, 0) is 33.4 Å². The summed E-state index contributed by atoms with van der Waals surface area (Å²) in [5.74, 6) is -3.17. The van der Waals surface area contributed by atoms with Crippen molar-refractivity contribution in [1.82, 2.24) is 0 Å². The van der Waals surface area contributed by atoms with Crippen molar-refractivity contribution < 1.29 is 33.4 Å². The second-order valence-electron chi connectivity index (χ2n) is 7.19. The van der Waals surface area contributed by atoms with Gasteiger partial charge >= 0.3 is 11.9 Å². The fraction of sp³-hybridized carbons (Fsp3) is 0.684. The molecule has 26 heavy (non-hydrogen) atoms. The minimum atomic E-state index is -1.13. The quantitative estimate of drug-likeness (QED) is 0.421. The van der Waals surface area contributed by atoms with Crippen LogP contribution >= 0.6 is 0 Å². The molecule has 0 aromatic carbocycles. The number of carbonyl (C=O) groups is 4. The fourth-order valence-electron chi connectivity index (χ4n) is 4.87. The molecule has 0 spiro atoms. The molecule has 7 atom stereocenters. The van der Waals surface area contributed by atoms with E-state index in [9.17, 15) is 19.2 Å². The van der Waals surface area contributed by atoms with Gasteiger partial charge in [-0.05, 0) is 20.3 Å². The van der Waals surface area contributed by atoms with Gasteiger partial charge in [0.2, 0.25) is 0 Å². The Balaban J connectivity index is 2.09. The average molecular weight is 364 g/mol. The smallest absolute Gasteiger partial charge is 0.313 e. The highest BCUT2D eigenvalue weighted by molar-refractivity contribution is 5.91. The van der Waals surface area contributed by atoms with Gasteiger partial charge in [0.15, 0.2) is 5.78 Å². The number of aldehydes is 1. The molecule has 7 heteroatoms. The van der Waals surface area contributed by atoms with Gasteiger partial charge in [0.1, 0.15) is 24.4 Å².